The average Bonchev–Trinajstić information content (AvgIpc) is 3.19. The number of hydrogen-bond donors (Lipinski definition) is 0. The largest absolute Gasteiger partial charge is 0.493 e. The summed E-state index contributed by atoms with van der Waals surface area (Å²) in [6.45, 7) is 0.892. The first-order chi connectivity index (χ1) is 10.7. The zero-order chi connectivity index (χ0) is 15.5. The van der Waals surface area contributed by atoms with Crippen LogP contribution in [-0.2, 0) is 6.54 Å². The van der Waals surface area contributed by atoms with E-state index in [-0.39, 0.29) is 5.82 Å². The number of rotatable bonds is 5. The predicted octanol–water partition coefficient (Wildman–Crippen LogP) is 3.90. The maximum absolute atomic E-state index is 14.4. The highest BCUT2D eigenvalue weighted by Crippen LogP contribution is 2.35. The number of hydrogen-bond acceptors (Lipinski definition) is 3. The van der Waals surface area contributed by atoms with Crippen molar-refractivity contribution in [1.82, 2.24) is 9.55 Å². The molecule has 4 nitrogen and oxygen atoms in total. The minimum atomic E-state index is -0.350. The number of benzene rings is 1. The van der Waals surface area contributed by atoms with Crippen LogP contribution in [0.25, 0.3) is 11.4 Å². The van der Waals surface area contributed by atoms with E-state index >= 15 is 0 Å². The minimum absolute atomic E-state index is 0.350. The summed E-state index contributed by atoms with van der Waals surface area (Å²) in [6, 6.07) is 3.00. The van der Waals surface area contributed by atoms with Gasteiger partial charge in [-0.1, -0.05) is 12.8 Å². The molecule has 1 aliphatic rings. The van der Waals surface area contributed by atoms with E-state index in [9.17, 15) is 4.39 Å². The molecule has 1 saturated carbocycles. The first kappa shape index (κ1) is 14.9. The van der Waals surface area contributed by atoms with Crippen molar-refractivity contribution in [3.63, 3.8) is 0 Å². The van der Waals surface area contributed by atoms with Crippen molar-refractivity contribution >= 4 is 0 Å². The quantitative estimate of drug-likeness (QED) is 0.840. The van der Waals surface area contributed by atoms with E-state index in [0.29, 0.717) is 28.8 Å². The Balaban J connectivity index is 1.95. The van der Waals surface area contributed by atoms with Gasteiger partial charge >= 0.3 is 0 Å². The number of imidazole rings is 1. The second kappa shape index (κ2) is 6.38. The van der Waals surface area contributed by atoms with E-state index in [1.165, 1.54) is 38.9 Å². The first-order valence-corrected chi connectivity index (χ1v) is 7.66. The number of ether oxygens (including phenoxy) is 2. The van der Waals surface area contributed by atoms with Gasteiger partial charge in [0, 0.05) is 25.0 Å². The molecule has 0 amide bonds. The highest BCUT2D eigenvalue weighted by atomic mass is 19.1. The molecule has 0 unspecified atom stereocenters. The van der Waals surface area contributed by atoms with Gasteiger partial charge in [-0.25, -0.2) is 9.37 Å². The summed E-state index contributed by atoms with van der Waals surface area (Å²) < 4.78 is 26.9. The molecule has 0 radical (unpaired) electrons. The summed E-state index contributed by atoms with van der Waals surface area (Å²) in [5.41, 5.74) is 0.445. The maximum atomic E-state index is 14.4. The molecular formula is C17H21FN2O2. The molecule has 0 spiro atoms. The Hall–Kier alpha value is -2.04. The Morgan fingerprint density at radius 3 is 2.55 bits per heavy atom. The van der Waals surface area contributed by atoms with Crippen LogP contribution in [0, 0.1) is 11.7 Å². The number of nitrogens with zero attached hydrogens (tertiary/aromatic N) is 2. The molecule has 118 valence electrons. The summed E-state index contributed by atoms with van der Waals surface area (Å²) in [6.07, 6.45) is 8.71. The van der Waals surface area contributed by atoms with Gasteiger partial charge in [0.25, 0.3) is 0 Å². The van der Waals surface area contributed by atoms with Crippen LogP contribution in [0.15, 0.2) is 24.5 Å². The van der Waals surface area contributed by atoms with Crippen LogP contribution in [0.2, 0.25) is 0 Å². The van der Waals surface area contributed by atoms with Crippen molar-refractivity contribution in [2.24, 2.45) is 5.92 Å². The highest BCUT2D eigenvalue weighted by Gasteiger charge is 2.20. The zero-order valence-corrected chi connectivity index (χ0v) is 13.0. The van der Waals surface area contributed by atoms with E-state index in [2.05, 4.69) is 4.98 Å². The highest BCUT2D eigenvalue weighted by molar-refractivity contribution is 5.62. The molecule has 1 heterocycles. The fraction of sp³-hybridized carbons (Fsp3) is 0.471. The van der Waals surface area contributed by atoms with E-state index < -0.39 is 0 Å². The van der Waals surface area contributed by atoms with Crippen molar-refractivity contribution in [3.05, 3.63) is 30.3 Å². The van der Waals surface area contributed by atoms with Crippen LogP contribution in [0.3, 0.4) is 0 Å². The van der Waals surface area contributed by atoms with E-state index in [4.69, 9.17) is 9.47 Å². The summed E-state index contributed by atoms with van der Waals surface area (Å²) >= 11 is 0. The Kier molecular flexibility index (Phi) is 4.32. The van der Waals surface area contributed by atoms with Gasteiger partial charge in [0.15, 0.2) is 11.5 Å². The summed E-state index contributed by atoms with van der Waals surface area (Å²) in [4.78, 5) is 4.35. The average molecular weight is 304 g/mol. The standard InChI is InChI=1S/C17H21FN2O2/c1-21-15-9-13(14(18)10-16(15)22-2)17-19-7-8-20(17)11-12-5-3-4-6-12/h7-10,12H,3-6,11H2,1-2H3. The van der Waals surface area contributed by atoms with E-state index in [1.54, 1.807) is 19.4 Å². The Bertz CT molecular complexity index is 648. The SMILES string of the molecule is COc1cc(F)c(-c2nccn2CC2CCCC2)cc1OC. The summed E-state index contributed by atoms with van der Waals surface area (Å²) in [5.74, 6) is 1.85. The number of aromatic nitrogens is 2. The van der Waals surface area contributed by atoms with Crippen LogP contribution in [-0.4, -0.2) is 23.8 Å². The minimum Gasteiger partial charge on any atom is -0.493 e. The van der Waals surface area contributed by atoms with Crippen LogP contribution in [0.1, 0.15) is 25.7 Å². The Labute approximate surface area is 129 Å². The van der Waals surface area contributed by atoms with Gasteiger partial charge in [0.2, 0.25) is 0 Å². The lowest BCUT2D eigenvalue weighted by atomic mass is 10.1. The summed E-state index contributed by atoms with van der Waals surface area (Å²) in [7, 11) is 3.04. The van der Waals surface area contributed by atoms with Crippen molar-refractivity contribution in [3.8, 4) is 22.9 Å². The Morgan fingerprint density at radius 2 is 1.86 bits per heavy atom. The molecule has 1 aromatic heterocycles. The van der Waals surface area contributed by atoms with E-state index in [0.717, 1.165) is 6.54 Å². The van der Waals surface area contributed by atoms with Gasteiger partial charge in [-0.2, -0.15) is 0 Å². The number of halogens is 1. The molecule has 0 atom stereocenters. The van der Waals surface area contributed by atoms with Crippen LogP contribution < -0.4 is 9.47 Å². The molecular weight excluding hydrogens is 283 g/mol. The normalized spacial score (nSPS) is 15.2. The van der Waals surface area contributed by atoms with Gasteiger partial charge in [-0.3, -0.25) is 0 Å². The molecule has 0 bridgehead atoms. The van der Waals surface area contributed by atoms with E-state index in [1.807, 2.05) is 10.8 Å². The van der Waals surface area contributed by atoms with Crippen molar-refractivity contribution in [1.29, 1.82) is 0 Å². The molecule has 0 N–H and O–H groups in total. The molecule has 2 aromatic rings. The molecule has 0 aliphatic heterocycles. The van der Waals surface area contributed by atoms with Gasteiger partial charge < -0.3 is 14.0 Å². The number of methoxy groups -OCH3 is 2. The van der Waals surface area contributed by atoms with Gasteiger partial charge in [-0.15, -0.1) is 0 Å². The molecule has 1 fully saturated rings. The van der Waals surface area contributed by atoms with Crippen molar-refractivity contribution in [2.75, 3.05) is 14.2 Å². The van der Waals surface area contributed by atoms with Gasteiger partial charge in [0.05, 0.1) is 19.8 Å². The van der Waals surface area contributed by atoms with Crippen LogP contribution in [0.4, 0.5) is 4.39 Å². The van der Waals surface area contributed by atoms with Crippen molar-refractivity contribution in [2.45, 2.75) is 32.2 Å². The zero-order valence-electron chi connectivity index (χ0n) is 13.0. The molecule has 1 aromatic carbocycles. The van der Waals surface area contributed by atoms with Crippen molar-refractivity contribution < 1.29 is 13.9 Å². The molecule has 5 heteroatoms. The molecule has 22 heavy (non-hydrogen) atoms. The van der Waals surface area contributed by atoms with Gasteiger partial charge in [-0.05, 0) is 24.8 Å². The second-order valence-corrected chi connectivity index (χ2v) is 5.74. The molecule has 0 saturated heterocycles. The topological polar surface area (TPSA) is 36.3 Å². The molecule has 3 rings (SSSR count). The van der Waals surface area contributed by atoms with Gasteiger partial charge in [0.1, 0.15) is 11.6 Å². The third-order valence-corrected chi connectivity index (χ3v) is 4.36. The fourth-order valence-electron chi connectivity index (χ4n) is 3.20. The molecule has 1 aliphatic carbocycles. The third-order valence-electron chi connectivity index (χ3n) is 4.36. The van der Waals surface area contributed by atoms with Crippen LogP contribution in [0.5, 0.6) is 11.5 Å². The van der Waals surface area contributed by atoms with Crippen LogP contribution >= 0.6 is 0 Å². The summed E-state index contributed by atoms with van der Waals surface area (Å²) in [5, 5.41) is 0. The Morgan fingerprint density at radius 1 is 1.18 bits per heavy atom. The second-order valence-electron chi connectivity index (χ2n) is 5.74. The monoisotopic (exact) mass is 304 g/mol. The lowest BCUT2D eigenvalue weighted by molar-refractivity contribution is 0.352. The first-order valence-electron chi connectivity index (χ1n) is 7.66. The smallest absolute Gasteiger partial charge is 0.163 e. The predicted molar refractivity (Wildman–Crippen MR) is 82.7 cm³/mol. The fourth-order valence-corrected chi connectivity index (χ4v) is 3.20. The lowest BCUT2D eigenvalue weighted by Crippen LogP contribution is -2.08. The lowest BCUT2D eigenvalue weighted by Gasteiger charge is -2.15. The third kappa shape index (κ3) is 2.80. The maximum Gasteiger partial charge on any atom is 0.163 e.